The van der Waals surface area contributed by atoms with Crippen molar-refractivity contribution >= 4 is 54.8 Å². The molecular weight excluding hydrogens is 506 g/mol. The van der Waals surface area contributed by atoms with Gasteiger partial charge in [-0.3, -0.25) is 18.9 Å². The molecule has 1 amide bonds. The number of amides is 1. The number of thiazole rings is 1. The molecule has 4 aromatic rings. The quantitative estimate of drug-likeness (QED) is 0.390. The summed E-state index contributed by atoms with van der Waals surface area (Å²) in [6.45, 7) is 1.69. The van der Waals surface area contributed by atoms with Crippen molar-refractivity contribution in [2.24, 2.45) is 0 Å². The van der Waals surface area contributed by atoms with Crippen LogP contribution in [0.5, 0.6) is 0 Å². The Balaban J connectivity index is 1.44. The lowest BCUT2D eigenvalue weighted by Crippen LogP contribution is -2.28. The first-order valence-corrected chi connectivity index (χ1v) is 13.8. The predicted molar refractivity (Wildman–Crippen MR) is 139 cm³/mol. The Morgan fingerprint density at radius 3 is 2.46 bits per heavy atom. The van der Waals surface area contributed by atoms with Gasteiger partial charge in [-0.15, -0.1) is 0 Å². The van der Waals surface area contributed by atoms with E-state index in [4.69, 9.17) is 11.6 Å². The minimum atomic E-state index is -3.99. The van der Waals surface area contributed by atoms with Gasteiger partial charge in [-0.05, 0) is 60.9 Å². The van der Waals surface area contributed by atoms with Crippen molar-refractivity contribution in [1.82, 2.24) is 9.47 Å². The molecule has 7 nitrogen and oxygen atoms in total. The largest absolute Gasteiger partial charge is 0.339 e. The Kier molecular flexibility index (Phi) is 6.39. The van der Waals surface area contributed by atoms with Gasteiger partial charge in [0.1, 0.15) is 0 Å². The van der Waals surface area contributed by atoms with Gasteiger partial charge in [0.15, 0.2) is 0 Å². The van der Waals surface area contributed by atoms with Gasteiger partial charge in [0.2, 0.25) is 0 Å². The van der Waals surface area contributed by atoms with Gasteiger partial charge in [0.05, 0.1) is 32.9 Å². The second-order valence-corrected chi connectivity index (χ2v) is 11.5. The smallest absolute Gasteiger partial charge is 0.308 e. The van der Waals surface area contributed by atoms with Crippen molar-refractivity contribution in [2.45, 2.75) is 24.3 Å². The number of aromatic nitrogens is 1. The summed E-state index contributed by atoms with van der Waals surface area (Å²) in [5.74, 6) is -0.186. The number of anilines is 1. The Bertz CT molecular complexity index is 1570. The monoisotopic (exact) mass is 527 g/mol. The molecule has 1 aliphatic heterocycles. The van der Waals surface area contributed by atoms with Gasteiger partial charge in [0, 0.05) is 18.1 Å². The van der Waals surface area contributed by atoms with Crippen LogP contribution in [-0.2, 0) is 16.6 Å². The van der Waals surface area contributed by atoms with Gasteiger partial charge in [-0.25, -0.2) is 8.42 Å². The van der Waals surface area contributed by atoms with E-state index in [1.807, 2.05) is 12.1 Å². The van der Waals surface area contributed by atoms with E-state index in [1.54, 1.807) is 51.9 Å². The molecule has 0 spiro atoms. The Morgan fingerprint density at radius 2 is 1.71 bits per heavy atom. The minimum Gasteiger partial charge on any atom is -0.339 e. The normalized spacial score (nSPS) is 13.9. The lowest BCUT2D eigenvalue weighted by molar-refractivity contribution is 0.0794. The molecule has 1 N–H and O–H groups in total. The Hall–Kier alpha value is -3.14. The van der Waals surface area contributed by atoms with Crippen LogP contribution in [0.2, 0.25) is 5.02 Å². The van der Waals surface area contributed by atoms with Crippen LogP contribution in [0.25, 0.3) is 10.2 Å². The number of carbonyl (C=O) groups excluding carboxylic acids is 1. The lowest BCUT2D eigenvalue weighted by Gasteiger charge is -2.18. The van der Waals surface area contributed by atoms with Gasteiger partial charge in [0.25, 0.3) is 15.9 Å². The number of benzene rings is 3. The van der Waals surface area contributed by atoms with Crippen molar-refractivity contribution in [2.75, 3.05) is 17.8 Å². The number of carbonyl (C=O) groups is 1. The standard InChI is InChI=1S/C25H22ClN3O4S2/c26-18-9-7-17(8-10-18)16-29-22-12-11-19(15-23(22)34-25(29)31)35(32,33)27-21-6-2-1-5-20(21)24(30)28-13-3-4-14-28/h1-2,5-12,15,27H,3-4,13-14,16H2. The maximum Gasteiger partial charge on any atom is 0.308 e. The van der Waals surface area contributed by atoms with E-state index in [9.17, 15) is 18.0 Å². The fourth-order valence-corrected chi connectivity index (χ4v) is 6.42. The number of hydrogen-bond acceptors (Lipinski definition) is 5. The molecule has 1 aromatic heterocycles. The lowest BCUT2D eigenvalue weighted by atomic mass is 10.1. The van der Waals surface area contributed by atoms with E-state index in [2.05, 4.69) is 4.72 Å². The van der Waals surface area contributed by atoms with E-state index < -0.39 is 10.0 Å². The third-order valence-electron chi connectivity index (χ3n) is 6.00. The summed E-state index contributed by atoms with van der Waals surface area (Å²) < 4.78 is 31.2. The first-order valence-electron chi connectivity index (χ1n) is 11.1. The summed E-state index contributed by atoms with van der Waals surface area (Å²) in [7, 11) is -3.99. The van der Waals surface area contributed by atoms with Crippen molar-refractivity contribution in [3.63, 3.8) is 0 Å². The average molecular weight is 528 g/mol. The maximum absolute atomic E-state index is 13.2. The van der Waals surface area contributed by atoms with Crippen LogP contribution in [0.15, 0.2) is 76.4 Å². The van der Waals surface area contributed by atoms with Crippen LogP contribution in [-0.4, -0.2) is 36.9 Å². The predicted octanol–water partition coefficient (Wildman–Crippen LogP) is 4.80. The highest BCUT2D eigenvalue weighted by Gasteiger charge is 2.24. The van der Waals surface area contributed by atoms with E-state index in [0.29, 0.717) is 40.4 Å². The second-order valence-electron chi connectivity index (χ2n) is 8.36. The van der Waals surface area contributed by atoms with Gasteiger partial charge in [-0.2, -0.15) is 0 Å². The van der Waals surface area contributed by atoms with E-state index in [1.165, 1.54) is 12.1 Å². The molecule has 35 heavy (non-hydrogen) atoms. The number of nitrogens with one attached hydrogen (secondary N) is 1. The summed E-state index contributed by atoms with van der Waals surface area (Å²) >= 11 is 6.94. The van der Waals surface area contributed by atoms with Crippen molar-refractivity contribution in [3.05, 3.63) is 92.5 Å². The maximum atomic E-state index is 13.2. The Labute approximate surface area is 211 Å². The second kappa shape index (κ2) is 9.49. The summed E-state index contributed by atoms with van der Waals surface area (Å²) in [6, 6.07) is 18.4. The van der Waals surface area contributed by atoms with Crippen LogP contribution >= 0.6 is 22.9 Å². The van der Waals surface area contributed by atoms with E-state index in [-0.39, 0.29) is 21.4 Å². The number of sulfonamides is 1. The molecule has 0 atom stereocenters. The molecule has 0 aliphatic carbocycles. The SMILES string of the molecule is O=C(c1ccccc1NS(=O)(=O)c1ccc2c(c1)sc(=O)n2Cc1ccc(Cl)cc1)N1CCCC1. The number of nitrogens with zero attached hydrogens (tertiary/aromatic N) is 2. The van der Waals surface area contributed by atoms with Crippen LogP contribution in [0.1, 0.15) is 28.8 Å². The zero-order valence-electron chi connectivity index (χ0n) is 18.6. The highest BCUT2D eigenvalue weighted by molar-refractivity contribution is 7.92. The van der Waals surface area contributed by atoms with Crippen molar-refractivity contribution in [3.8, 4) is 0 Å². The van der Waals surface area contributed by atoms with Crippen LogP contribution in [0.4, 0.5) is 5.69 Å². The summed E-state index contributed by atoms with van der Waals surface area (Å²) in [5.41, 5.74) is 2.11. The molecule has 2 heterocycles. The molecule has 1 fully saturated rings. The zero-order valence-corrected chi connectivity index (χ0v) is 21.0. The topological polar surface area (TPSA) is 88.5 Å². The molecular formula is C25H22ClN3O4S2. The first kappa shape index (κ1) is 23.6. The molecule has 0 radical (unpaired) electrons. The number of fused-ring (bicyclic) bond motifs is 1. The number of halogens is 1. The van der Waals surface area contributed by atoms with Crippen molar-refractivity contribution in [1.29, 1.82) is 0 Å². The third kappa shape index (κ3) is 4.84. The number of likely N-dealkylation sites (tertiary alicyclic amines) is 1. The molecule has 10 heteroatoms. The molecule has 1 saturated heterocycles. The Morgan fingerprint density at radius 1 is 1.00 bits per heavy atom. The zero-order chi connectivity index (χ0) is 24.6. The molecule has 5 rings (SSSR count). The van der Waals surface area contributed by atoms with E-state index >= 15 is 0 Å². The third-order valence-corrected chi connectivity index (χ3v) is 8.56. The summed E-state index contributed by atoms with van der Waals surface area (Å²) in [4.78, 5) is 27.2. The molecule has 3 aromatic carbocycles. The minimum absolute atomic E-state index is 0.0216. The van der Waals surface area contributed by atoms with Crippen LogP contribution < -0.4 is 9.60 Å². The molecule has 0 saturated carbocycles. The number of para-hydroxylation sites is 1. The fraction of sp³-hybridized carbons (Fsp3) is 0.200. The molecule has 0 bridgehead atoms. The van der Waals surface area contributed by atoms with Gasteiger partial charge in [-0.1, -0.05) is 47.2 Å². The summed E-state index contributed by atoms with van der Waals surface area (Å²) in [5, 5.41) is 0.613. The van der Waals surface area contributed by atoms with Crippen LogP contribution in [0.3, 0.4) is 0 Å². The molecule has 180 valence electrons. The fourth-order valence-electron chi connectivity index (χ4n) is 4.19. The van der Waals surface area contributed by atoms with Crippen molar-refractivity contribution < 1.29 is 13.2 Å². The van der Waals surface area contributed by atoms with Gasteiger partial charge < -0.3 is 4.90 Å². The average Bonchev–Trinajstić information content (AvgIpc) is 3.48. The first-order chi connectivity index (χ1) is 16.8. The van der Waals surface area contributed by atoms with Crippen LogP contribution in [0, 0.1) is 0 Å². The molecule has 0 unspecified atom stereocenters. The van der Waals surface area contributed by atoms with Gasteiger partial charge >= 0.3 is 4.87 Å². The van der Waals surface area contributed by atoms with E-state index in [0.717, 1.165) is 29.7 Å². The highest BCUT2D eigenvalue weighted by Crippen LogP contribution is 2.26. The highest BCUT2D eigenvalue weighted by atomic mass is 35.5. The number of rotatable bonds is 6. The molecule has 1 aliphatic rings. The number of hydrogen-bond donors (Lipinski definition) is 1. The summed E-state index contributed by atoms with van der Waals surface area (Å²) in [6.07, 6.45) is 1.89.